The Kier molecular flexibility index (Phi) is 4.71. The molecule has 19 heavy (non-hydrogen) atoms. The Hall–Kier alpha value is -0.780. The van der Waals surface area contributed by atoms with Gasteiger partial charge in [0.05, 0.1) is 4.90 Å². The molecular weight excluding hydrogens is 344 g/mol. The number of benzene rings is 2. The van der Waals surface area contributed by atoms with Crippen LogP contribution >= 0.6 is 27.7 Å². The predicted octanol–water partition coefficient (Wildman–Crippen LogP) is 4.14. The predicted molar refractivity (Wildman–Crippen MR) is 83.3 cm³/mol. The maximum absolute atomic E-state index is 11.7. The lowest BCUT2D eigenvalue weighted by molar-refractivity contribution is 0.600. The van der Waals surface area contributed by atoms with E-state index in [1.807, 2.05) is 36.4 Å². The largest absolute Gasteiger partial charge is 0.224 e. The van der Waals surface area contributed by atoms with Gasteiger partial charge in [-0.25, -0.2) is 8.42 Å². The van der Waals surface area contributed by atoms with E-state index in [0.717, 1.165) is 20.7 Å². The highest BCUT2D eigenvalue weighted by atomic mass is 79.9. The lowest BCUT2D eigenvalue weighted by Gasteiger charge is -2.08. The van der Waals surface area contributed by atoms with Crippen molar-refractivity contribution in [1.82, 2.24) is 0 Å². The summed E-state index contributed by atoms with van der Waals surface area (Å²) in [6.45, 7) is 0. The molecule has 0 heterocycles. The van der Waals surface area contributed by atoms with Gasteiger partial charge >= 0.3 is 0 Å². The van der Waals surface area contributed by atoms with Crippen LogP contribution in [-0.4, -0.2) is 14.7 Å². The van der Waals surface area contributed by atoms with Crippen molar-refractivity contribution in [2.75, 3.05) is 6.26 Å². The van der Waals surface area contributed by atoms with Crippen molar-refractivity contribution in [3.05, 3.63) is 58.6 Å². The molecule has 0 atom stereocenters. The first-order valence-electron chi connectivity index (χ1n) is 5.64. The Balaban J connectivity index is 2.24. The molecule has 2 rings (SSSR count). The van der Waals surface area contributed by atoms with Crippen LogP contribution in [-0.2, 0) is 15.6 Å². The minimum Gasteiger partial charge on any atom is -0.224 e. The van der Waals surface area contributed by atoms with Crippen molar-refractivity contribution in [1.29, 1.82) is 0 Å². The van der Waals surface area contributed by atoms with E-state index < -0.39 is 9.84 Å². The van der Waals surface area contributed by atoms with Crippen LogP contribution in [0.4, 0.5) is 0 Å². The number of thioether (sulfide) groups is 1. The third kappa shape index (κ3) is 3.84. The molecule has 0 aliphatic rings. The van der Waals surface area contributed by atoms with Gasteiger partial charge in [0.1, 0.15) is 0 Å². The Bertz CT molecular complexity index is 681. The lowest BCUT2D eigenvalue weighted by Crippen LogP contribution is -1.99. The maximum atomic E-state index is 11.7. The van der Waals surface area contributed by atoms with Gasteiger partial charge in [-0.1, -0.05) is 46.3 Å². The second kappa shape index (κ2) is 6.11. The smallest absolute Gasteiger partial charge is 0.176 e. The van der Waals surface area contributed by atoms with Gasteiger partial charge in [0.15, 0.2) is 9.84 Å². The van der Waals surface area contributed by atoms with E-state index in [1.165, 1.54) is 18.0 Å². The Morgan fingerprint density at radius 3 is 2.37 bits per heavy atom. The van der Waals surface area contributed by atoms with Gasteiger partial charge in [-0.05, 0) is 23.8 Å². The van der Waals surface area contributed by atoms with Crippen molar-refractivity contribution in [3.8, 4) is 0 Å². The molecule has 0 aromatic heterocycles. The van der Waals surface area contributed by atoms with E-state index in [2.05, 4.69) is 15.9 Å². The van der Waals surface area contributed by atoms with E-state index >= 15 is 0 Å². The summed E-state index contributed by atoms with van der Waals surface area (Å²) >= 11 is 5.03. The average molecular weight is 357 g/mol. The van der Waals surface area contributed by atoms with Crippen LogP contribution in [0.3, 0.4) is 0 Å². The second-order valence-electron chi connectivity index (χ2n) is 4.10. The van der Waals surface area contributed by atoms with Gasteiger partial charge in [-0.3, -0.25) is 0 Å². The number of halogens is 1. The standard InChI is InChI=1S/C14H13BrO2S2/c1-19(16,17)14-9-5-4-8-13(14)18-10-11-6-2-3-7-12(11)15/h2-9H,10H2,1H3. The summed E-state index contributed by atoms with van der Waals surface area (Å²) < 4.78 is 24.5. The summed E-state index contributed by atoms with van der Waals surface area (Å²) in [5.41, 5.74) is 1.15. The normalized spacial score (nSPS) is 11.5. The molecule has 0 bridgehead atoms. The fraction of sp³-hybridized carbons (Fsp3) is 0.143. The van der Waals surface area contributed by atoms with E-state index in [9.17, 15) is 8.42 Å². The average Bonchev–Trinajstić information content (AvgIpc) is 2.37. The fourth-order valence-electron chi connectivity index (χ4n) is 1.65. The summed E-state index contributed by atoms with van der Waals surface area (Å²) in [6.07, 6.45) is 1.24. The molecule has 0 saturated heterocycles. The summed E-state index contributed by atoms with van der Waals surface area (Å²) in [4.78, 5) is 1.19. The van der Waals surface area contributed by atoms with Crippen LogP contribution in [0.1, 0.15) is 5.56 Å². The highest BCUT2D eigenvalue weighted by Gasteiger charge is 2.13. The van der Waals surface area contributed by atoms with Crippen molar-refractivity contribution < 1.29 is 8.42 Å². The highest BCUT2D eigenvalue weighted by Crippen LogP contribution is 2.31. The molecular formula is C14H13BrO2S2. The zero-order valence-electron chi connectivity index (χ0n) is 10.3. The molecule has 0 aliphatic heterocycles. The first-order chi connectivity index (χ1) is 8.98. The minimum atomic E-state index is -3.18. The van der Waals surface area contributed by atoms with E-state index in [1.54, 1.807) is 12.1 Å². The molecule has 0 fully saturated rings. The van der Waals surface area contributed by atoms with Crippen molar-refractivity contribution in [2.45, 2.75) is 15.5 Å². The van der Waals surface area contributed by atoms with Crippen molar-refractivity contribution in [2.24, 2.45) is 0 Å². The van der Waals surface area contributed by atoms with Gasteiger partial charge < -0.3 is 0 Å². The van der Waals surface area contributed by atoms with E-state index in [-0.39, 0.29) is 0 Å². The van der Waals surface area contributed by atoms with Gasteiger partial charge in [0.2, 0.25) is 0 Å². The van der Waals surface area contributed by atoms with Gasteiger partial charge in [-0.15, -0.1) is 11.8 Å². The molecule has 0 unspecified atom stereocenters. The quantitative estimate of drug-likeness (QED) is 0.771. The molecule has 0 spiro atoms. The summed E-state index contributed by atoms with van der Waals surface area (Å²) in [7, 11) is -3.18. The van der Waals surface area contributed by atoms with Crippen LogP contribution < -0.4 is 0 Å². The molecule has 0 amide bonds. The topological polar surface area (TPSA) is 34.1 Å². The molecule has 0 N–H and O–H groups in total. The molecule has 5 heteroatoms. The SMILES string of the molecule is CS(=O)(=O)c1ccccc1SCc1ccccc1Br. The van der Waals surface area contributed by atoms with Gasteiger partial charge in [0.25, 0.3) is 0 Å². The fourth-order valence-corrected chi connectivity index (χ4v) is 4.60. The van der Waals surface area contributed by atoms with Crippen LogP contribution in [0.2, 0.25) is 0 Å². The van der Waals surface area contributed by atoms with Crippen LogP contribution in [0.5, 0.6) is 0 Å². The first-order valence-corrected chi connectivity index (χ1v) is 9.31. The number of hydrogen-bond acceptors (Lipinski definition) is 3. The third-order valence-electron chi connectivity index (χ3n) is 2.59. The molecule has 0 aliphatic carbocycles. The Morgan fingerprint density at radius 2 is 1.68 bits per heavy atom. The zero-order valence-corrected chi connectivity index (χ0v) is 13.6. The molecule has 100 valence electrons. The minimum absolute atomic E-state index is 0.395. The number of rotatable bonds is 4. The van der Waals surface area contributed by atoms with E-state index in [0.29, 0.717) is 4.90 Å². The van der Waals surface area contributed by atoms with Crippen LogP contribution in [0.25, 0.3) is 0 Å². The maximum Gasteiger partial charge on any atom is 0.176 e. The zero-order chi connectivity index (χ0) is 13.9. The third-order valence-corrected chi connectivity index (χ3v) is 5.77. The second-order valence-corrected chi connectivity index (χ2v) is 7.95. The molecule has 2 aromatic rings. The summed E-state index contributed by atoms with van der Waals surface area (Å²) in [5.74, 6) is 0.730. The Morgan fingerprint density at radius 1 is 1.05 bits per heavy atom. The first kappa shape index (κ1) is 14.6. The van der Waals surface area contributed by atoms with Crippen LogP contribution in [0, 0.1) is 0 Å². The van der Waals surface area contributed by atoms with Crippen LogP contribution in [0.15, 0.2) is 62.8 Å². The van der Waals surface area contributed by atoms with E-state index in [4.69, 9.17) is 0 Å². The number of sulfone groups is 1. The lowest BCUT2D eigenvalue weighted by atomic mass is 10.2. The number of hydrogen-bond donors (Lipinski definition) is 0. The molecule has 0 radical (unpaired) electrons. The molecule has 2 aromatic carbocycles. The Labute approximate surface area is 126 Å². The molecule has 2 nitrogen and oxygen atoms in total. The van der Waals surface area contributed by atoms with Crippen molar-refractivity contribution in [3.63, 3.8) is 0 Å². The van der Waals surface area contributed by atoms with Gasteiger partial charge in [-0.2, -0.15) is 0 Å². The van der Waals surface area contributed by atoms with Gasteiger partial charge in [0, 0.05) is 21.4 Å². The summed E-state index contributed by atoms with van der Waals surface area (Å²) in [5, 5.41) is 0. The highest BCUT2D eigenvalue weighted by molar-refractivity contribution is 9.10. The monoisotopic (exact) mass is 356 g/mol. The molecule has 0 saturated carbocycles. The van der Waals surface area contributed by atoms with Crippen molar-refractivity contribution >= 4 is 37.5 Å². The summed E-state index contributed by atoms with van der Waals surface area (Å²) in [6, 6.07) is 15.1.